The zero-order valence-electron chi connectivity index (χ0n) is 22.0. The van der Waals surface area contributed by atoms with E-state index in [1.165, 1.54) is 6.33 Å². The summed E-state index contributed by atoms with van der Waals surface area (Å²) in [7, 11) is 0. The minimum Gasteiger partial charge on any atom is -0.384 e. The summed E-state index contributed by atoms with van der Waals surface area (Å²) in [6.45, 7) is 12.4. The number of piperazine rings is 1. The molecule has 2 saturated heterocycles. The second-order valence-electron chi connectivity index (χ2n) is 11.8. The van der Waals surface area contributed by atoms with Gasteiger partial charge in [-0.3, -0.25) is 4.79 Å². The molecule has 194 valence electrons. The number of rotatable bonds is 4. The minimum atomic E-state index is -0.942. The van der Waals surface area contributed by atoms with Crippen LogP contribution >= 0.6 is 0 Å². The molecular formula is C28H38FN5O2. The van der Waals surface area contributed by atoms with E-state index in [0.717, 1.165) is 35.5 Å². The van der Waals surface area contributed by atoms with Crippen molar-refractivity contribution in [2.75, 3.05) is 31.1 Å². The second kappa shape index (κ2) is 9.06. The van der Waals surface area contributed by atoms with Crippen molar-refractivity contribution < 1.29 is 14.3 Å². The molecule has 7 nitrogen and oxygen atoms in total. The second-order valence-corrected chi connectivity index (χ2v) is 11.8. The molecule has 5 rings (SSSR count). The number of nitrogens with one attached hydrogen (secondary N) is 1. The van der Waals surface area contributed by atoms with Gasteiger partial charge in [0, 0.05) is 43.3 Å². The van der Waals surface area contributed by atoms with Gasteiger partial charge in [0.1, 0.15) is 23.6 Å². The number of amides is 1. The molecule has 1 aromatic carbocycles. The van der Waals surface area contributed by atoms with Gasteiger partial charge in [0.25, 0.3) is 0 Å². The molecule has 0 radical (unpaired) electrons. The fourth-order valence-electron chi connectivity index (χ4n) is 6.41. The van der Waals surface area contributed by atoms with Gasteiger partial charge < -0.3 is 20.2 Å². The summed E-state index contributed by atoms with van der Waals surface area (Å²) in [5, 5.41) is 14.4. The van der Waals surface area contributed by atoms with Crippen molar-refractivity contribution in [2.45, 2.75) is 82.9 Å². The molecule has 3 heterocycles. The fourth-order valence-corrected chi connectivity index (χ4v) is 6.41. The third-order valence-corrected chi connectivity index (χ3v) is 8.34. The number of carbonyl (C=O) groups is 1. The Hall–Kier alpha value is -2.58. The van der Waals surface area contributed by atoms with Gasteiger partial charge in [0.15, 0.2) is 0 Å². The monoisotopic (exact) mass is 495 g/mol. The van der Waals surface area contributed by atoms with Gasteiger partial charge in [-0.1, -0.05) is 19.1 Å². The van der Waals surface area contributed by atoms with Crippen molar-refractivity contribution in [3.05, 3.63) is 52.7 Å². The Morgan fingerprint density at radius 2 is 1.92 bits per heavy atom. The van der Waals surface area contributed by atoms with E-state index in [-0.39, 0.29) is 29.2 Å². The Balaban J connectivity index is 1.36. The number of aliphatic hydroxyl groups is 1. The third kappa shape index (κ3) is 4.50. The first kappa shape index (κ1) is 25.1. The Bertz CT molecular complexity index is 1160. The van der Waals surface area contributed by atoms with E-state index in [2.05, 4.69) is 41.0 Å². The summed E-state index contributed by atoms with van der Waals surface area (Å²) in [5.74, 6) is 0.399. The summed E-state index contributed by atoms with van der Waals surface area (Å²) in [4.78, 5) is 27.1. The van der Waals surface area contributed by atoms with Gasteiger partial charge in [-0.05, 0) is 70.1 Å². The van der Waals surface area contributed by atoms with E-state index in [0.29, 0.717) is 38.2 Å². The zero-order valence-corrected chi connectivity index (χ0v) is 22.0. The molecule has 4 atom stereocenters. The van der Waals surface area contributed by atoms with E-state index in [4.69, 9.17) is 0 Å². The first-order chi connectivity index (χ1) is 17.0. The highest BCUT2D eigenvalue weighted by molar-refractivity contribution is 5.85. The number of benzene rings is 1. The zero-order chi connectivity index (χ0) is 25.8. The van der Waals surface area contributed by atoms with Gasteiger partial charge in [-0.15, -0.1) is 0 Å². The number of anilines is 1. The molecule has 3 aliphatic rings. The van der Waals surface area contributed by atoms with Crippen LogP contribution in [-0.4, -0.2) is 63.6 Å². The van der Waals surface area contributed by atoms with Crippen molar-refractivity contribution in [2.24, 2.45) is 0 Å². The number of halogens is 1. The molecule has 8 heteroatoms. The fraction of sp³-hybridized carbons (Fsp3) is 0.607. The Kier molecular flexibility index (Phi) is 6.32. The number of aryl methyl sites for hydroxylation is 1. The van der Waals surface area contributed by atoms with Crippen LogP contribution in [0, 0.1) is 12.7 Å². The standard InChI is InChI=1S/C28H38FN5O2/c1-17-6-7-19(14-20(17)29)23(21-8-9-27(3,4)32-21)26(35)34-12-10-33(11-13-34)25-22-18(2)15-28(5,36)24(22)30-16-31-25/h6-7,14,16,18,21,23,32,36H,8-13,15H2,1-5H3/t18-,21+,23+,28-/m1/s1. The van der Waals surface area contributed by atoms with Crippen LogP contribution in [0.2, 0.25) is 0 Å². The lowest BCUT2D eigenvalue weighted by atomic mass is 9.88. The average Bonchev–Trinajstić information content (AvgIpc) is 3.31. The number of hydrogen-bond acceptors (Lipinski definition) is 6. The Morgan fingerprint density at radius 3 is 2.56 bits per heavy atom. The molecule has 1 aliphatic carbocycles. The molecule has 36 heavy (non-hydrogen) atoms. The smallest absolute Gasteiger partial charge is 0.231 e. The van der Waals surface area contributed by atoms with E-state index in [9.17, 15) is 14.3 Å². The van der Waals surface area contributed by atoms with Crippen LogP contribution in [0.5, 0.6) is 0 Å². The molecule has 2 aromatic rings. The van der Waals surface area contributed by atoms with Crippen LogP contribution < -0.4 is 10.2 Å². The van der Waals surface area contributed by atoms with Crippen molar-refractivity contribution in [3.8, 4) is 0 Å². The molecule has 2 fully saturated rings. The van der Waals surface area contributed by atoms with Gasteiger partial charge in [-0.25, -0.2) is 14.4 Å². The van der Waals surface area contributed by atoms with Crippen LogP contribution in [0.1, 0.15) is 81.2 Å². The summed E-state index contributed by atoms with van der Waals surface area (Å²) >= 11 is 0. The van der Waals surface area contributed by atoms with Gasteiger partial charge in [0.2, 0.25) is 5.91 Å². The molecular weight excluding hydrogens is 457 g/mol. The van der Waals surface area contributed by atoms with Crippen molar-refractivity contribution in [1.29, 1.82) is 0 Å². The highest BCUT2D eigenvalue weighted by Gasteiger charge is 2.43. The minimum absolute atomic E-state index is 0.0270. The lowest BCUT2D eigenvalue weighted by Crippen LogP contribution is -2.53. The quantitative estimate of drug-likeness (QED) is 0.675. The molecule has 0 bridgehead atoms. The maximum absolute atomic E-state index is 14.5. The topological polar surface area (TPSA) is 81.6 Å². The molecule has 0 unspecified atom stereocenters. The molecule has 0 saturated carbocycles. The highest BCUT2D eigenvalue weighted by atomic mass is 19.1. The van der Waals surface area contributed by atoms with Crippen LogP contribution in [0.15, 0.2) is 24.5 Å². The van der Waals surface area contributed by atoms with Crippen LogP contribution in [0.3, 0.4) is 0 Å². The van der Waals surface area contributed by atoms with Crippen LogP contribution in [0.4, 0.5) is 10.2 Å². The van der Waals surface area contributed by atoms with E-state index >= 15 is 0 Å². The number of aromatic nitrogens is 2. The summed E-state index contributed by atoms with van der Waals surface area (Å²) in [6, 6.07) is 5.19. The largest absolute Gasteiger partial charge is 0.384 e. The predicted octanol–water partition coefficient (Wildman–Crippen LogP) is 3.60. The maximum Gasteiger partial charge on any atom is 0.231 e. The predicted molar refractivity (Wildman–Crippen MR) is 138 cm³/mol. The summed E-state index contributed by atoms with van der Waals surface area (Å²) < 4.78 is 14.5. The molecule has 1 amide bonds. The van der Waals surface area contributed by atoms with Crippen molar-refractivity contribution >= 4 is 11.7 Å². The Labute approximate surface area is 213 Å². The van der Waals surface area contributed by atoms with Crippen molar-refractivity contribution in [3.63, 3.8) is 0 Å². The van der Waals surface area contributed by atoms with Gasteiger partial charge in [-0.2, -0.15) is 0 Å². The third-order valence-electron chi connectivity index (χ3n) is 8.34. The number of nitrogens with zero attached hydrogens (tertiary/aromatic N) is 4. The Morgan fingerprint density at radius 1 is 1.19 bits per heavy atom. The lowest BCUT2D eigenvalue weighted by Gasteiger charge is -2.39. The molecule has 1 aromatic heterocycles. The van der Waals surface area contributed by atoms with E-state index < -0.39 is 11.5 Å². The maximum atomic E-state index is 14.5. The first-order valence-corrected chi connectivity index (χ1v) is 13.1. The van der Waals surface area contributed by atoms with Crippen molar-refractivity contribution in [1.82, 2.24) is 20.2 Å². The summed E-state index contributed by atoms with van der Waals surface area (Å²) in [6.07, 6.45) is 4.02. The van der Waals surface area contributed by atoms with E-state index in [1.807, 2.05) is 17.9 Å². The molecule has 2 N–H and O–H groups in total. The molecule has 0 spiro atoms. The number of fused-ring (bicyclic) bond motifs is 1. The SMILES string of the molecule is Cc1ccc([C@H](C(=O)N2CCN(c3ncnc4c3[C@H](C)C[C@@]4(C)O)CC2)[C@@H]2CCC(C)(C)N2)cc1F. The number of carbonyl (C=O) groups excluding carboxylic acids is 1. The first-order valence-electron chi connectivity index (χ1n) is 13.1. The number of hydrogen-bond donors (Lipinski definition) is 2. The molecule has 2 aliphatic heterocycles. The highest BCUT2D eigenvalue weighted by Crippen LogP contribution is 2.46. The van der Waals surface area contributed by atoms with Gasteiger partial charge in [0.05, 0.1) is 11.6 Å². The average molecular weight is 496 g/mol. The lowest BCUT2D eigenvalue weighted by molar-refractivity contribution is -0.133. The van der Waals surface area contributed by atoms with Crippen LogP contribution in [0.25, 0.3) is 0 Å². The van der Waals surface area contributed by atoms with Crippen LogP contribution in [-0.2, 0) is 10.4 Å². The normalized spacial score (nSPS) is 28.3. The summed E-state index contributed by atoms with van der Waals surface area (Å²) in [5.41, 5.74) is 2.08. The van der Waals surface area contributed by atoms with E-state index in [1.54, 1.807) is 19.1 Å². The van der Waals surface area contributed by atoms with Gasteiger partial charge >= 0.3 is 0 Å².